The molecule has 5 heteroatoms. The van der Waals surface area contributed by atoms with Gasteiger partial charge in [0.15, 0.2) is 0 Å². The number of aromatic nitrogens is 2. The summed E-state index contributed by atoms with van der Waals surface area (Å²) in [5.74, 6) is 0.989. The number of rotatable bonds is 7. The van der Waals surface area contributed by atoms with E-state index in [0.29, 0.717) is 6.61 Å². The zero-order chi connectivity index (χ0) is 16.8. The summed E-state index contributed by atoms with van der Waals surface area (Å²) in [5, 5.41) is 3.77. The number of aryl methyl sites for hydroxylation is 1. The van der Waals surface area contributed by atoms with E-state index in [-0.39, 0.29) is 18.2 Å². The van der Waals surface area contributed by atoms with Crippen molar-refractivity contribution in [3.05, 3.63) is 54.1 Å². The van der Waals surface area contributed by atoms with Crippen LogP contribution in [0, 0.1) is 0 Å². The molecule has 1 aliphatic heterocycles. The Morgan fingerprint density at radius 1 is 1.38 bits per heavy atom. The molecule has 24 heavy (non-hydrogen) atoms. The van der Waals surface area contributed by atoms with Crippen LogP contribution >= 0.6 is 0 Å². The lowest BCUT2D eigenvalue weighted by molar-refractivity contribution is -0.0231. The van der Waals surface area contributed by atoms with Crippen LogP contribution in [0.15, 0.2) is 42.7 Å². The Balaban J connectivity index is 1.70. The SMILES string of the molecule is COCC(Cc1ccccc1)N[C@H]1CCCO[C@@H]1c1nccn1C. The van der Waals surface area contributed by atoms with Gasteiger partial charge in [0.25, 0.3) is 0 Å². The number of imidazole rings is 1. The van der Waals surface area contributed by atoms with Gasteiger partial charge in [-0.2, -0.15) is 0 Å². The molecule has 1 saturated heterocycles. The van der Waals surface area contributed by atoms with Gasteiger partial charge in [-0.1, -0.05) is 30.3 Å². The highest BCUT2D eigenvalue weighted by molar-refractivity contribution is 5.16. The normalized spacial score (nSPS) is 22.4. The van der Waals surface area contributed by atoms with E-state index in [1.54, 1.807) is 7.11 Å². The molecule has 0 spiro atoms. The van der Waals surface area contributed by atoms with E-state index < -0.39 is 0 Å². The molecule has 3 atom stereocenters. The zero-order valence-corrected chi connectivity index (χ0v) is 14.5. The van der Waals surface area contributed by atoms with Crippen molar-refractivity contribution in [2.45, 2.75) is 37.5 Å². The summed E-state index contributed by atoms with van der Waals surface area (Å²) in [5.41, 5.74) is 1.32. The van der Waals surface area contributed by atoms with E-state index in [2.05, 4.69) is 34.6 Å². The van der Waals surface area contributed by atoms with Gasteiger partial charge in [-0.25, -0.2) is 4.98 Å². The number of nitrogens with one attached hydrogen (secondary N) is 1. The first-order valence-electron chi connectivity index (χ1n) is 8.65. The molecular weight excluding hydrogens is 302 g/mol. The second kappa shape index (κ2) is 8.42. The van der Waals surface area contributed by atoms with Crippen molar-refractivity contribution in [1.29, 1.82) is 0 Å². The Morgan fingerprint density at radius 2 is 2.21 bits per heavy atom. The molecule has 5 nitrogen and oxygen atoms in total. The highest BCUT2D eigenvalue weighted by atomic mass is 16.5. The van der Waals surface area contributed by atoms with Crippen LogP contribution < -0.4 is 5.32 Å². The minimum Gasteiger partial charge on any atom is -0.383 e. The second-order valence-electron chi connectivity index (χ2n) is 6.45. The van der Waals surface area contributed by atoms with E-state index in [1.807, 2.05) is 30.1 Å². The molecule has 0 aliphatic carbocycles. The standard InChI is InChI=1S/C19H27N3O2/c1-22-11-10-20-19(22)18-17(9-6-12-24-18)21-16(14-23-2)13-15-7-4-3-5-8-15/h3-5,7-8,10-11,16-18,21H,6,9,12-14H2,1-2H3/t16?,17-,18-/m0/s1. The molecule has 0 bridgehead atoms. The zero-order valence-electron chi connectivity index (χ0n) is 14.5. The minimum atomic E-state index is -0.00567. The van der Waals surface area contributed by atoms with Crippen molar-refractivity contribution in [3.63, 3.8) is 0 Å². The van der Waals surface area contributed by atoms with Gasteiger partial charge >= 0.3 is 0 Å². The molecule has 1 aromatic heterocycles. The Labute approximate surface area is 144 Å². The first-order chi connectivity index (χ1) is 11.8. The van der Waals surface area contributed by atoms with E-state index in [9.17, 15) is 0 Å². The van der Waals surface area contributed by atoms with Crippen LogP contribution in [0.25, 0.3) is 0 Å². The van der Waals surface area contributed by atoms with Gasteiger partial charge in [0.05, 0.1) is 6.61 Å². The summed E-state index contributed by atoms with van der Waals surface area (Å²) in [7, 11) is 3.78. The van der Waals surface area contributed by atoms with Crippen LogP contribution in [0.1, 0.15) is 30.3 Å². The van der Waals surface area contributed by atoms with Crippen LogP contribution in [-0.4, -0.2) is 42.0 Å². The maximum absolute atomic E-state index is 6.06. The third-order valence-corrected chi connectivity index (χ3v) is 4.58. The van der Waals surface area contributed by atoms with Crippen molar-refractivity contribution in [3.8, 4) is 0 Å². The van der Waals surface area contributed by atoms with E-state index in [0.717, 1.165) is 31.7 Å². The monoisotopic (exact) mass is 329 g/mol. The van der Waals surface area contributed by atoms with Crippen molar-refractivity contribution < 1.29 is 9.47 Å². The fourth-order valence-corrected chi connectivity index (χ4v) is 3.43. The number of hydrogen-bond donors (Lipinski definition) is 1. The van der Waals surface area contributed by atoms with E-state index >= 15 is 0 Å². The molecule has 0 amide bonds. The Hall–Kier alpha value is -1.69. The molecular formula is C19H27N3O2. The lowest BCUT2D eigenvalue weighted by atomic mass is 9.98. The highest BCUT2D eigenvalue weighted by Crippen LogP contribution is 2.27. The first-order valence-corrected chi connectivity index (χ1v) is 8.65. The fraction of sp³-hybridized carbons (Fsp3) is 0.526. The molecule has 2 aromatic rings. The topological polar surface area (TPSA) is 48.3 Å². The molecule has 1 unspecified atom stereocenters. The van der Waals surface area contributed by atoms with Gasteiger partial charge in [0.1, 0.15) is 11.9 Å². The number of nitrogens with zero attached hydrogens (tertiary/aromatic N) is 2. The number of methoxy groups -OCH3 is 1. The summed E-state index contributed by atoms with van der Waals surface area (Å²) in [4.78, 5) is 4.49. The third kappa shape index (κ3) is 4.23. The van der Waals surface area contributed by atoms with Crippen molar-refractivity contribution in [2.75, 3.05) is 20.3 Å². The van der Waals surface area contributed by atoms with Crippen molar-refractivity contribution in [2.24, 2.45) is 7.05 Å². The quantitative estimate of drug-likeness (QED) is 0.848. The Kier molecular flexibility index (Phi) is 6.01. The van der Waals surface area contributed by atoms with Crippen LogP contribution in [-0.2, 0) is 22.9 Å². The number of hydrogen-bond acceptors (Lipinski definition) is 4. The van der Waals surface area contributed by atoms with Crippen LogP contribution in [0.4, 0.5) is 0 Å². The molecule has 1 aliphatic rings. The summed E-state index contributed by atoms with van der Waals surface area (Å²) in [6.07, 6.45) is 6.91. The molecule has 130 valence electrons. The van der Waals surface area contributed by atoms with Crippen molar-refractivity contribution >= 4 is 0 Å². The molecule has 0 saturated carbocycles. The Bertz CT molecular complexity index is 614. The summed E-state index contributed by atoms with van der Waals surface area (Å²) < 4.78 is 13.6. The molecule has 1 aromatic carbocycles. The molecule has 1 fully saturated rings. The van der Waals surface area contributed by atoms with Gasteiger partial charge in [-0.3, -0.25) is 0 Å². The lowest BCUT2D eigenvalue weighted by Crippen LogP contribution is -2.48. The third-order valence-electron chi connectivity index (χ3n) is 4.58. The van der Waals surface area contributed by atoms with Gasteiger partial charge in [0, 0.05) is 45.2 Å². The predicted octanol–water partition coefficient (Wildman–Crippen LogP) is 2.49. The average molecular weight is 329 g/mol. The number of benzene rings is 1. The van der Waals surface area contributed by atoms with Crippen LogP contribution in [0.3, 0.4) is 0 Å². The predicted molar refractivity (Wildman–Crippen MR) is 93.9 cm³/mol. The maximum Gasteiger partial charge on any atom is 0.139 e. The van der Waals surface area contributed by atoms with E-state index in [1.165, 1.54) is 5.56 Å². The van der Waals surface area contributed by atoms with Crippen molar-refractivity contribution in [1.82, 2.24) is 14.9 Å². The fourth-order valence-electron chi connectivity index (χ4n) is 3.43. The summed E-state index contributed by atoms with van der Waals surface area (Å²) >= 11 is 0. The van der Waals surface area contributed by atoms with Crippen LogP contribution in [0.2, 0.25) is 0 Å². The van der Waals surface area contributed by atoms with Gasteiger partial charge < -0.3 is 19.4 Å². The van der Waals surface area contributed by atoms with E-state index in [4.69, 9.17) is 9.47 Å². The van der Waals surface area contributed by atoms with Gasteiger partial charge in [-0.15, -0.1) is 0 Å². The highest BCUT2D eigenvalue weighted by Gasteiger charge is 2.31. The van der Waals surface area contributed by atoms with Gasteiger partial charge in [0.2, 0.25) is 0 Å². The van der Waals surface area contributed by atoms with Gasteiger partial charge in [-0.05, 0) is 24.8 Å². The minimum absolute atomic E-state index is 0.00567. The average Bonchev–Trinajstić information content (AvgIpc) is 3.02. The summed E-state index contributed by atoms with van der Waals surface area (Å²) in [6.45, 7) is 1.47. The molecule has 3 rings (SSSR count). The smallest absolute Gasteiger partial charge is 0.139 e. The lowest BCUT2D eigenvalue weighted by Gasteiger charge is -2.35. The van der Waals surface area contributed by atoms with Crippen LogP contribution in [0.5, 0.6) is 0 Å². The molecule has 2 heterocycles. The maximum atomic E-state index is 6.06. The molecule has 0 radical (unpaired) electrons. The first kappa shape index (κ1) is 17.1. The number of ether oxygens (including phenoxy) is 2. The largest absolute Gasteiger partial charge is 0.383 e. The second-order valence-corrected chi connectivity index (χ2v) is 6.45. The molecule has 1 N–H and O–H groups in total. The summed E-state index contributed by atoms with van der Waals surface area (Å²) in [6, 6.07) is 11.1. The Morgan fingerprint density at radius 3 is 2.92 bits per heavy atom.